The van der Waals surface area contributed by atoms with E-state index in [0.29, 0.717) is 12.0 Å². The average molecular weight is 260 g/mol. The Labute approximate surface area is 103 Å². The number of hydrogen-bond donors (Lipinski definition) is 1. The molecule has 0 saturated heterocycles. The molecule has 1 fully saturated rings. The molecule has 1 aliphatic carbocycles. The minimum Gasteiger partial charge on any atom is -0.435 e. The van der Waals surface area contributed by atoms with Crippen LogP contribution < -0.4 is 4.74 Å². The lowest BCUT2D eigenvalue weighted by molar-refractivity contribution is -0.0500. The summed E-state index contributed by atoms with van der Waals surface area (Å²) in [5, 5.41) is 9.47. The molecule has 0 heterocycles. The summed E-state index contributed by atoms with van der Waals surface area (Å²) >= 11 is 0. The fourth-order valence-electron chi connectivity index (χ4n) is 2.59. The normalized spacial score (nSPS) is 25.3. The van der Waals surface area contributed by atoms with E-state index in [-0.39, 0.29) is 17.8 Å². The van der Waals surface area contributed by atoms with Gasteiger partial charge in [-0.25, -0.2) is 4.39 Å². The van der Waals surface area contributed by atoms with E-state index in [1.165, 1.54) is 12.1 Å². The van der Waals surface area contributed by atoms with Crippen LogP contribution in [0.2, 0.25) is 0 Å². The molecule has 5 heteroatoms. The van der Waals surface area contributed by atoms with Gasteiger partial charge in [0.2, 0.25) is 0 Å². The first-order chi connectivity index (χ1) is 8.32. The first kappa shape index (κ1) is 13.2. The molecule has 2 nitrogen and oxygen atoms in total. The molecule has 0 aliphatic heterocycles. The van der Waals surface area contributed by atoms with Crippen molar-refractivity contribution < 1.29 is 23.0 Å². The van der Waals surface area contributed by atoms with Gasteiger partial charge >= 0.3 is 6.61 Å². The average Bonchev–Trinajstić information content (AvgIpc) is 2.81. The summed E-state index contributed by atoms with van der Waals surface area (Å²) < 4.78 is 42.1. The summed E-state index contributed by atoms with van der Waals surface area (Å²) in [5.41, 5.74) is -0.440. The zero-order chi connectivity index (χ0) is 13.6. The van der Waals surface area contributed by atoms with E-state index in [1.54, 1.807) is 0 Å². The van der Waals surface area contributed by atoms with Gasteiger partial charge < -0.3 is 9.84 Å². The Balaban J connectivity index is 2.31. The second-order valence-electron chi connectivity index (χ2n) is 5.32. The van der Waals surface area contributed by atoms with Crippen LogP contribution in [0.25, 0.3) is 0 Å². The molecule has 100 valence electrons. The highest BCUT2D eigenvalue weighted by Gasteiger charge is 2.62. The molecule has 0 bridgehead atoms. The van der Waals surface area contributed by atoms with Crippen LogP contribution in [-0.2, 0) is 5.41 Å². The Morgan fingerprint density at radius 1 is 1.39 bits per heavy atom. The number of aliphatic hydroxyl groups is 1. The lowest BCUT2D eigenvalue weighted by Gasteiger charge is -2.19. The minimum absolute atomic E-state index is 0.161. The van der Waals surface area contributed by atoms with Gasteiger partial charge in [-0.2, -0.15) is 8.78 Å². The van der Waals surface area contributed by atoms with Crippen molar-refractivity contribution in [3.63, 3.8) is 0 Å². The lowest BCUT2D eigenvalue weighted by Crippen LogP contribution is -2.21. The Hall–Kier alpha value is -1.23. The molecule has 0 aromatic heterocycles. The third-order valence-electron chi connectivity index (χ3n) is 3.87. The van der Waals surface area contributed by atoms with Gasteiger partial charge in [0.05, 0.1) is 6.61 Å². The zero-order valence-corrected chi connectivity index (χ0v) is 10.2. The summed E-state index contributed by atoms with van der Waals surface area (Å²) in [6.45, 7) is 0.740. The molecule has 1 N–H and O–H groups in total. The van der Waals surface area contributed by atoms with Crippen molar-refractivity contribution >= 4 is 0 Å². The second kappa shape index (κ2) is 4.16. The highest BCUT2D eigenvalue weighted by atomic mass is 19.3. The molecule has 18 heavy (non-hydrogen) atoms. The van der Waals surface area contributed by atoms with Gasteiger partial charge in [0.1, 0.15) is 11.6 Å². The van der Waals surface area contributed by atoms with Crippen molar-refractivity contribution in [2.45, 2.75) is 32.3 Å². The van der Waals surface area contributed by atoms with Crippen molar-refractivity contribution in [2.75, 3.05) is 6.61 Å². The third-order valence-corrected chi connectivity index (χ3v) is 3.87. The van der Waals surface area contributed by atoms with Crippen LogP contribution in [0, 0.1) is 11.2 Å². The fourth-order valence-corrected chi connectivity index (χ4v) is 2.59. The topological polar surface area (TPSA) is 29.5 Å². The lowest BCUT2D eigenvalue weighted by atomic mass is 9.88. The molecule has 1 aromatic carbocycles. The van der Waals surface area contributed by atoms with Crippen LogP contribution in [0.3, 0.4) is 0 Å². The van der Waals surface area contributed by atoms with E-state index in [4.69, 9.17) is 0 Å². The molecule has 1 unspecified atom stereocenters. The van der Waals surface area contributed by atoms with Gasteiger partial charge in [0.25, 0.3) is 0 Å². The van der Waals surface area contributed by atoms with Crippen molar-refractivity contribution in [3.8, 4) is 5.75 Å². The number of hydrogen-bond acceptors (Lipinski definition) is 2. The predicted octanol–water partition coefficient (Wildman–Crippen LogP) is 3.09. The van der Waals surface area contributed by atoms with E-state index in [0.717, 1.165) is 6.07 Å². The van der Waals surface area contributed by atoms with E-state index in [2.05, 4.69) is 4.74 Å². The Kier molecular flexibility index (Phi) is 3.05. The van der Waals surface area contributed by atoms with Gasteiger partial charge in [0.15, 0.2) is 0 Å². The highest BCUT2D eigenvalue weighted by molar-refractivity contribution is 5.41. The van der Waals surface area contributed by atoms with E-state index in [9.17, 15) is 18.3 Å². The summed E-state index contributed by atoms with van der Waals surface area (Å²) in [5.74, 6) is -0.828. The molecule has 1 aromatic rings. The Bertz CT molecular complexity index is 460. The summed E-state index contributed by atoms with van der Waals surface area (Å²) in [4.78, 5) is 0. The molecule has 2 rings (SSSR count). The van der Waals surface area contributed by atoms with Gasteiger partial charge in [0, 0.05) is 11.5 Å². The number of aliphatic hydroxyl groups excluding tert-OH is 1. The van der Waals surface area contributed by atoms with Crippen LogP contribution in [0.15, 0.2) is 18.2 Å². The summed E-state index contributed by atoms with van der Waals surface area (Å²) in [7, 11) is 0. The Morgan fingerprint density at radius 2 is 2.00 bits per heavy atom. The monoisotopic (exact) mass is 260 g/mol. The number of rotatable bonds is 4. The van der Waals surface area contributed by atoms with Crippen LogP contribution in [0.5, 0.6) is 5.75 Å². The molecule has 0 radical (unpaired) electrons. The smallest absolute Gasteiger partial charge is 0.387 e. The van der Waals surface area contributed by atoms with Gasteiger partial charge in [-0.3, -0.25) is 0 Å². The largest absolute Gasteiger partial charge is 0.435 e. The standard InChI is InChI=1S/C13H15F3O2/c1-12(2)6-13(12,7-17)9-4-3-8(5-10(9)14)18-11(15)16/h3-5,11,17H,6-7H2,1-2H3. The molecule has 1 atom stereocenters. The highest BCUT2D eigenvalue weighted by Crippen LogP contribution is 2.64. The molecule has 1 aliphatic rings. The van der Waals surface area contributed by atoms with Crippen LogP contribution in [0.1, 0.15) is 25.8 Å². The van der Waals surface area contributed by atoms with Crippen molar-refractivity contribution in [3.05, 3.63) is 29.6 Å². The maximum absolute atomic E-state index is 13.9. The van der Waals surface area contributed by atoms with E-state index in [1.807, 2.05) is 13.8 Å². The van der Waals surface area contributed by atoms with Gasteiger partial charge in [-0.15, -0.1) is 0 Å². The second-order valence-corrected chi connectivity index (χ2v) is 5.32. The quantitative estimate of drug-likeness (QED) is 0.901. The predicted molar refractivity (Wildman–Crippen MR) is 60.2 cm³/mol. The molecule has 1 saturated carbocycles. The molecular formula is C13H15F3O2. The number of halogens is 3. The van der Waals surface area contributed by atoms with Crippen LogP contribution >= 0.6 is 0 Å². The first-order valence-corrected chi connectivity index (χ1v) is 5.68. The minimum atomic E-state index is -2.97. The van der Waals surface area contributed by atoms with E-state index >= 15 is 0 Å². The maximum Gasteiger partial charge on any atom is 0.387 e. The Morgan fingerprint density at radius 3 is 2.39 bits per heavy atom. The molecular weight excluding hydrogens is 245 g/mol. The van der Waals surface area contributed by atoms with Crippen molar-refractivity contribution in [1.82, 2.24) is 0 Å². The summed E-state index contributed by atoms with van der Waals surface area (Å²) in [6.07, 6.45) is 0.669. The first-order valence-electron chi connectivity index (χ1n) is 5.68. The maximum atomic E-state index is 13.9. The SMILES string of the molecule is CC1(C)CC1(CO)c1ccc(OC(F)F)cc1F. The van der Waals surface area contributed by atoms with E-state index < -0.39 is 17.8 Å². The zero-order valence-electron chi connectivity index (χ0n) is 10.2. The van der Waals surface area contributed by atoms with Crippen molar-refractivity contribution in [2.24, 2.45) is 5.41 Å². The number of ether oxygens (including phenoxy) is 1. The fraction of sp³-hybridized carbons (Fsp3) is 0.538. The third kappa shape index (κ3) is 1.96. The van der Waals surface area contributed by atoms with Crippen LogP contribution in [0.4, 0.5) is 13.2 Å². The van der Waals surface area contributed by atoms with Crippen LogP contribution in [-0.4, -0.2) is 18.3 Å². The molecule has 0 spiro atoms. The molecule has 0 amide bonds. The van der Waals surface area contributed by atoms with Gasteiger partial charge in [-0.05, 0) is 23.5 Å². The van der Waals surface area contributed by atoms with Gasteiger partial charge in [-0.1, -0.05) is 19.9 Å². The summed E-state index contributed by atoms with van der Waals surface area (Å²) in [6, 6.07) is 3.65. The number of alkyl halides is 2. The van der Waals surface area contributed by atoms with Crippen molar-refractivity contribution in [1.29, 1.82) is 0 Å². The number of benzene rings is 1.